The largest absolute Gasteiger partial charge is 0.493 e. The molecule has 2 N–H and O–H groups in total. The molecule has 2 nitrogen and oxygen atoms in total. The molecule has 0 aliphatic heterocycles. The number of ether oxygens (including phenoxy) is 1. The number of nitrogens with two attached hydrogens (primary N) is 1. The molecule has 0 saturated carbocycles. The Morgan fingerprint density at radius 3 is 2.67 bits per heavy atom. The van der Waals surface area contributed by atoms with E-state index in [0.29, 0.717) is 13.2 Å². The van der Waals surface area contributed by atoms with Gasteiger partial charge in [0.1, 0.15) is 11.6 Å². The Labute approximate surface area is 125 Å². The van der Waals surface area contributed by atoms with Gasteiger partial charge in [-0.25, -0.2) is 4.39 Å². The fourth-order valence-electron chi connectivity index (χ4n) is 2.41. The summed E-state index contributed by atoms with van der Waals surface area (Å²) in [5, 5.41) is 0. The fraction of sp³-hybridized carbons (Fsp3) is 0.333. The van der Waals surface area contributed by atoms with E-state index in [1.165, 1.54) is 6.07 Å². The van der Waals surface area contributed by atoms with Crippen LogP contribution in [-0.4, -0.2) is 13.2 Å². The van der Waals surface area contributed by atoms with Crippen LogP contribution in [-0.2, 0) is 0 Å². The third-order valence-corrected chi connectivity index (χ3v) is 3.65. The van der Waals surface area contributed by atoms with Crippen LogP contribution in [0, 0.1) is 12.7 Å². The van der Waals surface area contributed by atoms with E-state index in [1.807, 2.05) is 37.3 Å². The highest BCUT2D eigenvalue weighted by atomic mass is 19.1. The molecular weight excluding hydrogens is 265 g/mol. The minimum Gasteiger partial charge on any atom is -0.493 e. The molecule has 112 valence electrons. The first-order valence-corrected chi connectivity index (χ1v) is 7.34. The van der Waals surface area contributed by atoms with Gasteiger partial charge in [0.05, 0.1) is 6.61 Å². The van der Waals surface area contributed by atoms with Gasteiger partial charge < -0.3 is 10.5 Å². The highest BCUT2D eigenvalue weighted by Gasteiger charge is 2.10. The predicted octanol–water partition coefficient (Wildman–Crippen LogP) is 4.04. The zero-order valence-electron chi connectivity index (χ0n) is 12.4. The molecule has 0 aromatic heterocycles. The number of hydrogen-bond donors (Lipinski definition) is 1. The van der Waals surface area contributed by atoms with Crippen molar-refractivity contribution in [1.29, 1.82) is 0 Å². The van der Waals surface area contributed by atoms with Gasteiger partial charge in [-0.2, -0.15) is 0 Å². The summed E-state index contributed by atoms with van der Waals surface area (Å²) >= 11 is 0. The number of para-hydroxylation sites is 1. The lowest BCUT2D eigenvalue weighted by Gasteiger charge is -2.16. The molecule has 1 unspecified atom stereocenters. The van der Waals surface area contributed by atoms with E-state index in [4.69, 9.17) is 10.5 Å². The maximum atomic E-state index is 13.3. The summed E-state index contributed by atoms with van der Waals surface area (Å²) in [4.78, 5) is 0. The van der Waals surface area contributed by atoms with Crippen LogP contribution in [0.4, 0.5) is 4.39 Å². The smallest absolute Gasteiger partial charge is 0.123 e. The van der Waals surface area contributed by atoms with Crippen LogP contribution in [0.3, 0.4) is 0 Å². The van der Waals surface area contributed by atoms with Crippen molar-refractivity contribution in [2.75, 3.05) is 13.2 Å². The van der Waals surface area contributed by atoms with E-state index in [9.17, 15) is 4.39 Å². The molecule has 2 aromatic carbocycles. The van der Waals surface area contributed by atoms with Gasteiger partial charge in [0.2, 0.25) is 0 Å². The van der Waals surface area contributed by atoms with Gasteiger partial charge in [0, 0.05) is 0 Å². The van der Waals surface area contributed by atoms with Crippen LogP contribution in [0.1, 0.15) is 29.9 Å². The molecule has 0 aliphatic carbocycles. The van der Waals surface area contributed by atoms with Crippen LogP contribution >= 0.6 is 0 Å². The zero-order chi connectivity index (χ0) is 15.1. The lowest BCUT2D eigenvalue weighted by molar-refractivity contribution is 0.300. The lowest BCUT2D eigenvalue weighted by Crippen LogP contribution is -2.14. The molecule has 3 heteroatoms. The molecule has 0 saturated heterocycles. The van der Waals surface area contributed by atoms with Crippen LogP contribution < -0.4 is 10.5 Å². The van der Waals surface area contributed by atoms with Crippen molar-refractivity contribution in [3.63, 3.8) is 0 Å². The zero-order valence-corrected chi connectivity index (χ0v) is 12.4. The summed E-state index contributed by atoms with van der Waals surface area (Å²) in [6, 6.07) is 14.7. The molecule has 0 amide bonds. The van der Waals surface area contributed by atoms with E-state index >= 15 is 0 Å². The van der Waals surface area contributed by atoms with Crippen molar-refractivity contribution >= 4 is 0 Å². The van der Waals surface area contributed by atoms with Crippen molar-refractivity contribution in [2.45, 2.75) is 25.7 Å². The summed E-state index contributed by atoms with van der Waals surface area (Å²) < 4.78 is 19.0. The molecule has 0 spiro atoms. The first-order valence-electron chi connectivity index (χ1n) is 7.34. The van der Waals surface area contributed by atoms with Gasteiger partial charge in [0.25, 0.3) is 0 Å². The monoisotopic (exact) mass is 287 g/mol. The topological polar surface area (TPSA) is 35.2 Å². The van der Waals surface area contributed by atoms with Crippen molar-refractivity contribution in [3.8, 4) is 5.75 Å². The number of aryl methyl sites for hydroxylation is 1. The Balaban J connectivity index is 1.83. The Kier molecular flexibility index (Phi) is 5.76. The first-order chi connectivity index (χ1) is 10.2. The second-order valence-electron chi connectivity index (χ2n) is 5.24. The fourth-order valence-corrected chi connectivity index (χ4v) is 2.41. The molecular formula is C18H22FNO. The van der Waals surface area contributed by atoms with Crippen LogP contribution in [0.25, 0.3) is 0 Å². The first kappa shape index (κ1) is 15.5. The van der Waals surface area contributed by atoms with Crippen molar-refractivity contribution in [1.82, 2.24) is 0 Å². The average molecular weight is 287 g/mol. The second-order valence-corrected chi connectivity index (χ2v) is 5.24. The number of benzene rings is 2. The Morgan fingerprint density at radius 2 is 1.95 bits per heavy atom. The van der Waals surface area contributed by atoms with Gasteiger partial charge in [-0.05, 0) is 61.6 Å². The van der Waals surface area contributed by atoms with Crippen LogP contribution in [0.5, 0.6) is 5.75 Å². The van der Waals surface area contributed by atoms with Crippen LogP contribution in [0.15, 0.2) is 48.5 Å². The highest BCUT2D eigenvalue weighted by molar-refractivity contribution is 5.31. The van der Waals surface area contributed by atoms with Crippen LogP contribution in [0.2, 0.25) is 0 Å². The van der Waals surface area contributed by atoms with Gasteiger partial charge in [0.15, 0.2) is 0 Å². The van der Waals surface area contributed by atoms with Gasteiger partial charge in [-0.3, -0.25) is 0 Å². The standard InChI is InChI=1S/C18H22FNO/c1-14-6-2-3-10-18(14)21-11-5-8-16(13-20)15-7-4-9-17(19)12-15/h2-4,6-7,9-10,12,16H,5,8,11,13,20H2,1H3. The quantitative estimate of drug-likeness (QED) is 0.780. The van der Waals surface area contributed by atoms with Gasteiger partial charge >= 0.3 is 0 Å². The minimum atomic E-state index is -0.206. The van der Waals surface area contributed by atoms with Crippen molar-refractivity contribution in [2.24, 2.45) is 5.73 Å². The third-order valence-electron chi connectivity index (χ3n) is 3.65. The van der Waals surface area contributed by atoms with Gasteiger partial charge in [-0.15, -0.1) is 0 Å². The minimum absolute atomic E-state index is 0.182. The molecule has 0 fully saturated rings. The molecule has 0 heterocycles. The number of hydrogen-bond acceptors (Lipinski definition) is 2. The molecule has 0 aliphatic rings. The summed E-state index contributed by atoms with van der Waals surface area (Å²) in [5.41, 5.74) is 7.91. The van der Waals surface area contributed by atoms with E-state index < -0.39 is 0 Å². The summed E-state index contributed by atoms with van der Waals surface area (Å²) in [6.07, 6.45) is 1.79. The summed E-state index contributed by atoms with van der Waals surface area (Å²) in [7, 11) is 0. The second kappa shape index (κ2) is 7.79. The molecule has 2 rings (SSSR count). The molecule has 0 bridgehead atoms. The lowest BCUT2D eigenvalue weighted by atomic mass is 9.94. The third kappa shape index (κ3) is 4.57. The van der Waals surface area contributed by atoms with Crippen molar-refractivity contribution in [3.05, 3.63) is 65.5 Å². The highest BCUT2D eigenvalue weighted by Crippen LogP contribution is 2.22. The Hall–Kier alpha value is -1.87. The molecule has 2 aromatic rings. The summed E-state index contributed by atoms with van der Waals surface area (Å²) in [5.74, 6) is 0.899. The number of halogens is 1. The maximum Gasteiger partial charge on any atom is 0.123 e. The SMILES string of the molecule is Cc1ccccc1OCCCC(CN)c1cccc(F)c1. The normalized spacial score (nSPS) is 12.1. The van der Waals surface area contributed by atoms with E-state index in [1.54, 1.807) is 12.1 Å². The number of rotatable bonds is 7. The molecule has 0 radical (unpaired) electrons. The van der Waals surface area contributed by atoms with E-state index in [-0.39, 0.29) is 11.7 Å². The average Bonchev–Trinajstić information content (AvgIpc) is 2.49. The maximum absolute atomic E-state index is 13.3. The van der Waals surface area contributed by atoms with E-state index in [0.717, 1.165) is 29.7 Å². The van der Waals surface area contributed by atoms with E-state index in [2.05, 4.69) is 0 Å². The molecule has 1 atom stereocenters. The Bertz CT molecular complexity index is 571. The predicted molar refractivity (Wildman–Crippen MR) is 84.1 cm³/mol. The molecule has 21 heavy (non-hydrogen) atoms. The van der Waals surface area contributed by atoms with Gasteiger partial charge in [-0.1, -0.05) is 30.3 Å². The summed E-state index contributed by atoms with van der Waals surface area (Å²) in [6.45, 7) is 3.20. The Morgan fingerprint density at radius 1 is 1.14 bits per heavy atom. The van der Waals surface area contributed by atoms with Crippen molar-refractivity contribution < 1.29 is 9.13 Å².